The normalized spacial score (nSPS) is 11.9. The molecule has 1 aromatic heterocycles. The van der Waals surface area contributed by atoms with Gasteiger partial charge in [-0.1, -0.05) is 24.3 Å². The molecular weight excluding hydrogens is 306 g/mol. The fourth-order valence-electron chi connectivity index (χ4n) is 2.53. The van der Waals surface area contributed by atoms with E-state index in [0.29, 0.717) is 22.4 Å². The van der Waals surface area contributed by atoms with E-state index in [2.05, 4.69) is 4.98 Å². The Morgan fingerprint density at radius 3 is 2.46 bits per heavy atom. The van der Waals surface area contributed by atoms with Gasteiger partial charge in [0, 0.05) is 22.7 Å². The lowest BCUT2D eigenvalue weighted by Gasteiger charge is -2.13. The van der Waals surface area contributed by atoms with E-state index in [1.165, 1.54) is 7.11 Å². The van der Waals surface area contributed by atoms with Crippen LogP contribution in [0, 0.1) is 0 Å². The quantitative estimate of drug-likeness (QED) is 0.591. The van der Waals surface area contributed by atoms with Crippen molar-refractivity contribution in [3.63, 3.8) is 0 Å². The lowest BCUT2D eigenvalue weighted by molar-refractivity contribution is -0.135. The van der Waals surface area contributed by atoms with Gasteiger partial charge in [-0.15, -0.1) is 0 Å². The maximum atomic E-state index is 12.6. The molecule has 0 saturated heterocycles. The number of aromatic amines is 1. The summed E-state index contributed by atoms with van der Waals surface area (Å²) in [6.45, 7) is 1.65. The van der Waals surface area contributed by atoms with Gasteiger partial charge in [0.25, 0.3) is 0 Å². The number of esters is 1. The van der Waals surface area contributed by atoms with Crippen molar-refractivity contribution in [2.24, 2.45) is 0 Å². The number of fused-ring (bicyclic) bond motifs is 1. The molecule has 5 heteroatoms. The molecule has 0 spiro atoms. The average molecular weight is 323 g/mol. The first kappa shape index (κ1) is 15.8. The summed E-state index contributed by atoms with van der Waals surface area (Å²) >= 11 is 0. The van der Waals surface area contributed by atoms with E-state index in [0.717, 1.165) is 5.52 Å². The van der Waals surface area contributed by atoms with E-state index in [1.807, 2.05) is 12.1 Å². The third kappa shape index (κ3) is 2.88. The zero-order chi connectivity index (χ0) is 17.1. The fraction of sp³-hybridized carbons (Fsp3) is 0.158. The van der Waals surface area contributed by atoms with Crippen LogP contribution in [-0.2, 0) is 4.79 Å². The van der Waals surface area contributed by atoms with E-state index in [-0.39, 0.29) is 5.43 Å². The average Bonchev–Trinajstić information content (AvgIpc) is 2.62. The van der Waals surface area contributed by atoms with Crippen LogP contribution in [0.5, 0.6) is 11.5 Å². The van der Waals surface area contributed by atoms with Gasteiger partial charge < -0.3 is 14.5 Å². The number of hydrogen-bond acceptors (Lipinski definition) is 4. The molecule has 3 rings (SSSR count). The number of para-hydroxylation sites is 3. The van der Waals surface area contributed by atoms with Crippen LogP contribution in [0.25, 0.3) is 10.9 Å². The van der Waals surface area contributed by atoms with Crippen LogP contribution >= 0.6 is 0 Å². The Balaban J connectivity index is 1.91. The lowest BCUT2D eigenvalue weighted by atomic mass is 10.0. The Morgan fingerprint density at radius 1 is 1.04 bits per heavy atom. The molecule has 122 valence electrons. The van der Waals surface area contributed by atoms with Crippen molar-refractivity contribution in [3.05, 3.63) is 70.5 Å². The molecule has 0 fully saturated rings. The monoisotopic (exact) mass is 323 g/mol. The zero-order valence-corrected chi connectivity index (χ0v) is 13.4. The van der Waals surface area contributed by atoms with Crippen LogP contribution in [-0.4, -0.2) is 18.1 Å². The summed E-state index contributed by atoms with van der Waals surface area (Å²) < 4.78 is 10.6. The number of hydrogen-bond donors (Lipinski definition) is 1. The van der Waals surface area contributed by atoms with Crippen molar-refractivity contribution in [2.75, 3.05) is 7.11 Å². The Hall–Kier alpha value is -3.08. The summed E-state index contributed by atoms with van der Waals surface area (Å²) in [6.07, 6.45) is 1.57. The highest BCUT2D eigenvalue weighted by atomic mass is 16.6. The Morgan fingerprint density at radius 2 is 1.71 bits per heavy atom. The predicted octanol–water partition coefficient (Wildman–Crippen LogP) is 3.25. The molecule has 5 nitrogen and oxygen atoms in total. The first-order valence-electron chi connectivity index (χ1n) is 7.57. The van der Waals surface area contributed by atoms with Crippen molar-refractivity contribution < 1.29 is 14.3 Å². The molecule has 1 unspecified atom stereocenters. The molecule has 1 heterocycles. The summed E-state index contributed by atoms with van der Waals surface area (Å²) in [5, 5.41) is 0.548. The number of rotatable bonds is 4. The summed E-state index contributed by atoms with van der Waals surface area (Å²) in [6, 6.07) is 14.1. The topological polar surface area (TPSA) is 68.4 Å². The minimum Gasteiger partial charge on any atom is -0.493 e. The second kappa shape index (κ2) is 6.58. The highest BCUT2D eigenvalue weighted by Gasteiger charge is 2.22. The molecule has 0 radical (unpaired) electrons. The molecular formula is C19H17NO4. The van der Waals surface area contributed by atoms with Crippen molar-refractivity contribution in [3.8, 4) is 11.5 Å². The second-order valence-electron chi connectivity index (χ2n) is 5.41. The predicted molar refractivity (Wildman–Crippen MR) is 91.6 cm³/mol. The Kier molecular flexibility index (Phi) is 4.33. The van der Waals surface area contributed by atoms with Gasteiger partial charge in [-0.3, -0.25) is 9.59 Å². The lowest BCUT2D eigenvalue weighted by Crippen LogP contribution is -2.22. The van der Waals surface area contributed by atoms with Crippen LogP contribution in [0.3, 0.4) is 0 Å². The third-order valence-electron chi connectivity index (χ3n) is 3.92. The van der Waals surface area contributed by atoms with Gasteiger partial charge in [0.1, 0.15) is 0 Å². The first-order chi connectivity index (χ1) is 11.6. The summed E-state index contributed by atoms with van der Waals surface area (Å²) in [4.78, 5) is 28.1. The van der Waals surface area contributed by atoms with Gasteiger partial charge in [-0.05, 0) is 31.2 Å². The van der Waals surface area contributed by atoms with E-state index in [9.17, 15) is 9.59 Å². The highest BCUT2D eigenvalue weighted by molar-refractivity contribution is 5.84. The van der Waals surface area contributed by atoms with Gasteiger partial charge in [0.2, 0.25) is 0 Å². The van der Waals surface area contributed by atoms with Crippen LogP contribution in [0.1, 0.15) is 18.4 Å². The second-order valence-corrected chi connectivity index (χ2v) is 5.41. The van der Waals surface area contributed by atoms with Gasteiger partial charge in [-0.25, -0.2) is 0 Å². The first-order valence-corrected chi connectivity index (χ1v) is 7.57. The molecule has 1 N–H and O–H groups in total. The Labute approximate surface area is 138 Å². The van der Waals surface area contributed by atoms with Crippen molar-refractivity contribution in [2.45, 2.75) is 12.8 Å². The molecule has 0 saturated carbocycles. The van der Waals surface area contributed by atoms with Gasteiger partial charge >= 0.3 is 5.97 Å². The van der Waals surface area contributed by atoms with E-state index < -0.39 is 11.9 Å². The van der Waals surface area contributed by atoms with Crippen LogP contribution < -0.4 is 14.9 Å². The van der Waals surface area contributed by atoms with Crippen LogP contribution in [0.2, 0.25) is 0 Å². The smallest absolute Gasteiger partial charge is 0.318 e. The molecule has 2 aromatic carbocycles. The molecule has 0 aliphatic heterocycles. The largest absolute Gasteiger partial charge is 0.493 e. The van der Waals surface area contributed by atoms with Crippen LogP contribution in [0.15, 0.2) is 59.5 Å². The minimum absolute atomic E-state index is 0.172. The van der Waals surface area contributed by atoms with Gasteiger partial charge in [0.15, 0.2) is 16.9 Å². The van der Waals surface area contributed by atoms with Crippen molar-refractivity contribution in [1.29, 1.82) is 0 Å². The van der Waals surface area contributed by atoms with Crippen LogP contribution in [0.4, 0.5) is 0 Å². The van der Waals surface area contributed by atoms with Crippen molar-refractivity contribution in [1.82, 2.24) is 4.98 Å². The summed E-state index contributed by atoms with van der Waals surface area (Å²) in [7, 11) is 1.50. The number of aromatic nitrogens is 1. The summed E-state index contributed by atoms with van der Waals surface area (Å²) in [5.74, 6) is -0.428. The molecule has 0 aliphatic carbocycles. The maximum Gasteiger partial charge on any atom is 0.318 e. The number of pyridine rings is 1. The zero-order valence-electron chi connectivity index (χ0n) is 13.4. The maximum absolute atomic E-state index is 12.6. The van der Waals surface area contributed by atoms with Gasteiger partial charge in [0.05, 0.1) is 13.0 Å². The molecule has 0 aliphatic rings. The SMILES string of the molecule is COc1ccccc1OC(=O)C(C)c1c[nH]c2ccccc2c1=O. The molecule has 1 atom stereocenters. The minimum atomic E-state index is -0.705. The number of nitrogens with one attached hydrogen (secondary N) is 1. The molecule has 0 bridgehead atoms. The third-order valence-corrected chi connectivity index (χ3v) is 3.92. The Bertz CT molecular complexity index is 945. The molecule has 3 aromatic rings. The number of benzene rings is 2. The standard InChI is InChI=1S/C19H17NO4/c1-12(19(22)24-17-10-6-5-9-16(17)23-2)14-11-20-15-8-4-3-7-13(15)18(14)21/h3-12H,1-2H3,(H,20,21). The number of ether oxygens (including phenoxy) is 2. The summed E-state index contributed by atoms with van der Waals surface area (Å²) in [5.41, 5.74) is 0.930. The van der Waals surface area contributed by atoms with Gasteiger partial charge in [-0.2, -0.15) is 0 Å². The van der Waals surface area contributed by atoms with E-state index in [4.69, 9.17) is 9.47 Å². The van der Waals surface area contributed by atoms with E-state index in [1.54, 1.807) is 49.5 Å². The molecule has 0 amide bonds. The number of carbonyl (C=O) groups excluding carboxylic acids is 1. The number of carbonyl (C=O) groups is 1. The van der Waals surface area contributed by atoms with Crippen molar-refractivity contribution >= 4 is 16.9 Å². The fourth-order valence-corrected chi connectivity index (χ4v) is 2.53. The number of H-pyrrole nitrogens is 1. The highest BCUT2D eigenvalue weighted by Crippen LogP contribution is 2.27. The molecule has 24 heavy (non-hydrogen) atoms. The van der Waals surface area contributed by atoms with E-state index >= 15 is 0 Å². The number of methoxy groups -OCH3 is 1.